The van der Waals surface area contributed by atoms with Crippen molar-refractivity contribution in [3.63, 3.8) is 0 Å². The summed E-state index contributed by atoms with van der Waals surface area (Å²) >= 11 is 0. The molecule has 0 spiro atoms. The second-order valence-electron chi connectivity index (χ2n) is 12.8. The van der Waals surface area contributed by atoms with Gasteiger partial charge in [0.15, 0.2) is 17.5 Å². The van der Waals surface area contributed by atoms with E-state index >= 15 is 0 Å². The largest absolute Gasteiger partial charge is 0.456 e. The summed E-state index contributed by atoms with van der Waals surface area (Å²) in [5, 5.41) is 2.16. The molecule has 0 aliphatic heterocycles. The second kappa shape index (κ2) is 11.5. The first kappa shape index (κ1) is 28.4. The number of nitrogens with zero attached hydrogens (tertiary/aromatic N) is 3. The Morgan fingerprint density at radius 2 is 0.960 bits per heavy atom. The highest BCUT2D eigenvalue weighted by Gasteiger charge is 2.32. The molecule has 4 nitrogen and oxygen atoms in total. The van der Waals surface area contributed by atoms with Gasteiger partial charge in [0.05, 0.1) is 0 Å². The second-order valence-corrected chi connectivity index (χ2v) is 12.8. The van der Waals surface area contributed by atoms with Crippen molar-refractivity contribution in [2.24, 2.45) is 0 Å². The molecular weight excluding hydrogens is 611 g/mol. The third-order valence-corrected chi connectivity index (χ3v) is 9.83. The van der Waals surface area contributed by atoms with Crippen molar-refractivity contribution in [3.05, 3.63) is 187 Å². The van der Waals surface area contributed by atoms with E-state index in [2.05, 4.69) is 109 Å². The van der Waals surface area contributed by atoms with Gasteiger partial charge in [0.2, 0.25) is 0 Å². The average Bonchev–Trinajstić information content (AvgIpc) is 3.74. The molecule has 1 atom stereocenters. The molecule has 9 aromatic rings. The molecule has 0 amide bonds. The van der Waals surface area contributed by atoms with Crippen LogP contribution in [0.4, 0.5) is 0 Å². The predicted octanol–water partition coefficient (Wildman–Crippen LogP) is 11.6. The van der Waals surface area contributed by atoms with Crippen molar-refractivity contribution in [1.29, 1.82) is 0 Å². The number of aromatic nitrogens is 3. The monoisotopic (exact) mass is 639 g/mol. The zero-order valence-corrected chi connectivity index (χ0v) is 27.0. The van der Waals surface area contributed by atoms with E-state index in [1.54, 1.807) is 0 Å². The van der Waals surface area contributed by atoms with Crippen molar-refractivity contribution in [2.45, 2.75) is 5.92 Å². The van der Waals surface area contributed by atoms with Crippen molar-refractivity contribution in [3.8, 4) is 56.4 Å². The summed E-state index contributed by atoms with van der Waals surface area (Å²) in [5.41, 5.74) is 13.4. The van der Waals surface area contributed by atoms with Crippen LogP contribution in [-0.2, 0) is 0 Å². The highest BCUT2D eigenvalue weighted by molar-refractivity contribution is 6.06. The Bertz CT molecular complexity index is 2640. The molecule has 10 rings (SSSR count). The van der Waals surface area contributed by atoms with Crippen molar-refractivity contribution in [1.82, 2.24) is 15.0 Å². The van der Waals surface area contributed by atoms with Crippen LogP contribution in [0.1, 0.15) is 22.6 Å². The van der Waals surface area contributed by atoms with Gasteiger partial charge in [0, 0.05) is 33.4 Å². The van der Waals surface area contributed by atoms with E-state index in [1.165, 1.54) is 38.9 Å². The van der Waals surface area contributed by atoms with Crippen LogP contribution < -0.4 is 0 Å². The molecule has 234 valence electrons. The minimum Gasteiger partial charge on any atom is -0.456 e. The molecule has 0 saturated heterocycles. The topological polar surface area (TPSA) is 51.8 Å². The molecule has 0 saturated carbocycles. The van der Waals surface area contributed by atoms with E-state index in [-0.39, 0.29) is 5.92 Å². The maximum atomic E-state index is 6.52. The first-order valence-electron chi connectivity index (χ1n) is 16.9. The van der Waals surface area contributed by atoms with Gasteiger partial charge in [-0.15, -0.1) is 0 Å². The van der Waals surface area contributed by atoms with Crippen LogP contribution >= 0.6 is 0 Å². The van der Waals surface area contributed by atoms with Crippen molar-refractivity contribution in [2.75, 3.05) is 0 Å². The van der Waals surface area contributed by atoms with E-state index in [1.807, 2.05) is 60.7 Å². The fourth-order valence-electron chi connectivity index (χ4n) is 7.53. The van der Waals surface area contributed by atoms with Crippen LogP contribution in [0.25, 0.3) is 78.4 Å². The standard InChI is InChI=1S/C46H29N3O/c1-4-13-29(14-5-1)34-21-12-22-38-35-19-10-11-20-37(35)42(43(34)38)32-24-26-40-39(27-32)36-25-23-33(28-41(36)50-40)46-48-44(30-15-6-2-7-16-30)47-45(49-46)31-17-8-3-9-18-31/h1-28,42H. The number of rotatable bonds is 5. The Labute approximate surface area is 289 Å². The molecule has 1 aliphatic carbocycles. The van der Waals surface area contributed by atoms with Gasteiger partial charge in [-0.05, 0) is 63.2 Å². The zero-order valence-electron chi connectivity index (χ0n) is 27.0. The molecular formula is C46H29N3O. The Hall–Kier alpha value is -6.65. The molecule has 0 fully saturated rings. The fourth-order valence-corrected chi connectivity index (χ4v) is 7.53. The van der Waals surface area contributed by atoms with Crippen molar-refractivity contribution >= 4 is 21.9 Å². The van der Waals surface area contributed by atoms with Gasteiger partial charge in [0.25, 0.3) is 0 Å². The lowest BCUT2D eigenvalue weighted by atomic mass is 9.84. The summed E-state index contributed by atoms with van der Waals surface area (Å²) in [6.45, 7) is 0. The number of hydrogen-bond donors (Lipinski definition) is 0. The summed E-state index contributed by atoms with van der Waals surface area (Å²) in [7, 11) is 0. The van der Waals surface area contributed by atoms with Crippen LogP contribution in [0, 0.1) is 0 Å². The van der Waals surface area contributed by atoms with E-state index < -0.39 is 0 Å². The molecule has 7 aromatic carbocycles. The Kier molecular flexibility index (Phi) is 6.53. The van der Waals surface area contributed by atoms with Crippen LogP contribution in [0.15, 0.2) is 174 Å². The van der Waals surface area contributed by atoms with Gasteiger partial charge >= 0.3 is 0 Å². The summed E-state index contributed by atoms with van der Waals surface area (Å²) in [5.74, 6) is 1.98. The molecule has 2 aromatic heterocycles. The molecule has 4 heteroatoms. The number of fused-ring (bicyclic) bond motifs is 6. The van der Waals surface area contributed by atoms with Gasteiger partial charge in [0.1, 0.15) is 11.2 Å². The Morgan fingerprint density at radius 1 is 0.380 bits per heavy atom. The van der Waals surface area contributed by atoms with Gasteiger partial charge in [-0.3, -0.25) is 0 Å². The van der Waals surface area contributed by atoms with E-state index in [0.717, 1.165) is 38.6 Å². The van der Waals surface area contributed by atoms with E-state index in [9.17, 15) is 0 Å². The number of furan rings is 1. The van der Waals surface area contributed by atoms with Gasteiger partial charge in [-0.25, -0.2) is 15.0 Å². The highest BCUT2D eigenvalue weighted by Crippen LogP contribution is 2.52. The summed E-state index contributed by atoms with van der Waals surface area (Å²) in [6, 6.07) is 59.3. The summed E-state index contributed by atoms with van der Waals surface area (Å²) in [4.78, 5) is 14.7. The number of benzene rings is 7. The molecule has 0 N–H and O–H groups in total. The normalized spacial score (nSPS) is 13.4. The maximum Gasteiger partial charge on any atom is 0.164 e. The van der Waals surface area contributed by atoms with Crippen LogP contribution in [0.3, 0.4) is 0 Å². The lowest BCUT2D eigenvalue weighted by molar-refractivity contribution is 0.669. The predicted molar refractivity (Wildman–Crippen MR) is 202 cm³/mol. The zero-order chi connectivity index (χ0) is 33.0. The lowest BCUT2D eigenvalue weighted by Crippen LogP contribution is -2.01. The van der Waals surface area contributed by atoms with Gasteiger partial charge < -0.3 is 4.42 Å². The minimum atomic E-state index is 0.101. The smallest absolute Gasteiger partial charge is 0.164 e. The molecule has 1 unspecified atom stereocenters. The van der Waals surface area contributed by atoms with Gasteiger partial charge in [-0.2, -0.15) is 0 Å². The molecule has 1 aliphatic rings. The Balaban J connectivity index is 1.11. The van der Waals surface area contributed by atoms with Crippen molar-refractivity contribution < 1.29 is 4.42 Å². The van der Waals surface area contributed by atoms with E-state index in [4.69, 9.17) is 19.4 Å². The lowest BCUT2D eigenvalue weighted by Gasteiger charge is -2.18. The third-order valence-electron chi connectivity index (χ3n) is 9.83. The molecule has 50 heavy (non-hydrogen) atoms. The molecule has 0 radical (unpaired) electrons. The fraction of sp³-hybridized carbons (Fsp3) is 0.0217. The summed E-state index contributed by atoms with van der Waals surface area (Å²) in [6.07, 6.45) is 0. The highest BCUT2D eigenvalue weighted by atomic mass is 16.3. The first-order valence-corrected chi connectivity index (χ1v) is 16.9. The maximum absolute atomic E-state index is 6.52. The van der Waals surface area contributed by atoms with Crippen LogP contribution in [0.2, 0.25) is 0 Å². The minimum absolute atomic E-state index is 0.101. The van der Waals surface area contributed by atoms with Crippen LogP contribution in [0.5, 0.6) is 0 Å². The number of hydrogen-bond acceptors (Lipinski definition) is 4. The van der Waals surface area contributed by atoms with Gasteiger partial charge in [-0.1, -0.05) is 146 Å². The first-order chi connectivity index (χ1) is 24.8. The van der Waals surface area contributed by atoms with E-state index in [0.29, 0.717) is 17.5 Å². The molecule has 0 bridgehead atoms. The third kappa shape index (κ3) is 4.65. The summed E-state index contributed by atoms with van der Waals surface area (Å²) < 4.78 is 6.52. The van der Waals surface area contributed by atoms with Crippen LogP contribution in [-0.4, -0.2) is 15.0 Å². The SMILES string of the molecule is c1ccc(-c2nc(-c3ccccc3)nc(-c3ccc4c(c3)oc3ccc(C5c6ccccc6-c6cccc(-c7ccccc7)c65)cc34)n2)cc1. The quantitative estimate of drug-likeness (QED) is 0.188. The average molecular weight is 640 g/mol. The molecule has 2 heterocycles. The Morgan fingerprint density at radius 3 is 1.66 bits per heavy atom.